The summed E-state index contributed by atoms with van der Waals surface area (Å²) >= 11 is 0. The number of amides is 1. The number of ether oxygens (including phenoxy) is 4. The summed E-state index contributed by atoms with van der Waals surface area (Å²) in [5.74, 6) is -0.210. The Balaban J connectivity index is 1.62. The van der Waals surface area contributed by atoms with Crippen LogP contribution in [0.4, 0.5) is 0 Å². The molecule has 0 radical (unpaired) electrons. The van der Waals surface area contributed by atoms with Gasteiger partial charge in [0.2, 0.25) is 5.91 Å². The number of hydrogen-bond acceptors (Lipinski definition) is 13. The molecule has 0 aromatic heterocycles. The molecule has 83 heavy (non-hydrogen) atoms. The molecule has 14 heteroatoms. The van der Waals surface area contributed by atoms with Crippen LogP contribution in [-0.2, 0) is 23.7 Å². The molecule has 492 valence electrons. The summed E-state index contributed by atoms with van der Waals surface area (Å²) in [5.41, 5.74) is 0. The van der Waals surface area contributed by atoms with Crippen LogP contribution in [0.5, 0.6) is 0 Å². The Hall–Kier alpha value is -1.27. The first kappa shape index (κ1) is 77.8. The minimum Gasteiger partial charge on any atom is -0.394 e. The van der Waals surface area contributed by atoms with E-state index in [4.69, 9.17) is 18.9 Å². The lowest BCUT2D eigenvalue weighted by Gasteiger charge is -2.46. The quantitative estimate of drug-likeness (QED) is 0.0204. The zero-order valence-electron chi connectivity index (χ0n) is 53.5. The smallest absolute Gasteiger partial charge is 0.220 e. The molecule has 14 nitrogen and oxygen atoms in total. The lowest BCUT2D eigenvalue weighted by atomic mass is 9.97. The van der Waals surface area contributed by atoms with E-state index >= 15 is 0 Å². The maximum absolute atomic E-state index is 13.3. The summed E-state index contributed by atoms with van der Waals surface area (Å²) < 4.78 is 22.9. The molecule has 2 aliphatic rings. The highest BCUT2D eigenvalue weighted by molar-refractivity contribution is 5.76. The predicted octanol–water partition coefficient (Wildman–Crippen LogP) is 14.2. The van der Waals surface area contributed by atoms with Crippen LogP contribution in [-0.4, -0.2) is 140 Å². The summed E-state index contributed by atoms with van der Waals surface area (Å²) in [5, 5.41) is 87.5. The van der Waals surface area contributed by atoms with Crippen LogP contribution < -0.4 is 5.32 Å². The second-order valence-corrected chi connectivity index (χ2v) is 25.4. The molecule has 12 atom stereocenters. The highest BCUT2D eigenvalue weighted by Crippen LogP contribution is 2.30. The lowest BCUT2D eigenvalue weighted by molar-refractivity contribution is -0.359. The van der Waals surface area contributed by atoms with Gasteiger partial charge in [-0.2, -0.15) is 0 Å². The van der Waals surface area contributed by atoms with Crippen LogP contribution >= 0.6 is 0 Å². The molecule has 0 bridgehead atoms. The number of carbonyl (C=O) groups is 1. The zero-order valence-corrected chi connectivity index (χ0v) is 53.5. The zero-order chi connectivity index (χ0) is 60.2. The highest BCUT2D eigenvalue weighted by atomic mass is 16.7. The standard InChI is InChI=1S/C69H133NO13/c1-3-5-7-9-11-13-15-17-19-21-22-23-24-25-26-27-28-29-30-31-32-33-34-35-36-37-38-40-42-44-46-48-50-52-58(73)57(70-61(74)53-51-49-47-45-43-41-39-20-18-16-14-12-10-8-6-4-2)56-80-68-66(79)64(77)67(60(55-72)82-68)83-69-65(78)63(76)62(75)59(54-71)81-69/h20,39,57-60,62-69,71-73,75-79H,3-19,21-38,40-56H2,1-2H3,(H,70,74)/b39-20-. The van der Waals surface area contributed by atoms with E-state index in [0.29, 0.717) is 19.3 Å². The Bertz CT molecular complexity index is 1440. The van der Waals surface area contributed by atoms with Crippen molar-refractivity contribution in [1.29, 1.82) is 0 Å². The Labute approximate surface area is 507 Å². The van der Waals surface area contributed by atoms with Crippen molar-refractivity contribution in [2.24, 2.45) is 0 Å². The summed E-state index contributed by atoms with van der Waals surface area (Å²) in [6.07, 6.45) is 49.6. The second-order valence-electron chi connectivity index (χ2n) is 25.4. The molecule has 2 saturated heterocycles. The third kappa shape index (κ3) is 39.4. The summed E-state index contributed by atoms with van der Waals surface area (Å²) in [7, 11) is 0. The number of rotatable bonds is 59. The number of allylic oxidation sites excluding steroid dienone is 2. The molecule has 0 aliphatic carbocycles. The van der Waals surface area contributed by atoms with Gasteiger partial charge >= 0.3 is 0 Å². The molecule has 0 aromatic carbocycles. The maximum Gasteiger partial charge on any atom is 0.220 e. The van der Waals surface area contributed by atoms with Crippen molar-refractivity contribution < 1.29 is 64.6 Å². The highest BCUT2D eigenvalue weighted by Gasteiger charge is 2.51. The first-order chi connectivity index (χ1) is 40.6. The fourth-order valence-corrected chi connectivity index (χ4v) is 12.1. The number of hydrogen-bond donors (Lipinski definition) is 9. The van der Waals surface area contributed by atoms with Gasteiger partial charge in [0.05, 0.1) is 32.0 Å². The first-order valence-electron chi connectivity index (χ1n) is 35.4. The molecular weight excluding hydrogens is 1050 g/mol. The van der Waals surface area contributed by atoms with E-state index < -0.39 is 86.8 Å². The third-order valence-corrected chi connectivity index (χ3v) is 17.7. The van der Waals surface area contributed by atoms with Gasteiger partial charge < -0.3 is 65.1 Å². The minimum absolute atomic E-state index is 0.210. The largest absolute Gasteiger partial charge is 0.394 e. The third-order valence-electron chi connectivity index (χ3n) is 17.7. The molecule has 0 spiro atoms. The molecule has 12 unspecified atom stereocenters. The number of aliphatic hydroxyl groups is 8. The van der Waals surface area contributed by atoms with E-state index in [2.05, 4.69) is 31.3 Å². The van der Waals surface area contributed by atoms with Crippen LogP contribution in [0.1, 0.15) is 328 Å². The summed E-state index contributed by atoms with van der Waals surface area (Å²) in [6, 6.07) is -0.831. The monoisotopic (exact) mass is 1180 g/mol. The van der Waals surface area contributed by atoms with Gasteiger partial charge in [-0.3, -0.25) is 4.79 Å². The fourth-order valence-electron chi connectivity index (χ4n) is 12.1. The molecule has 2 aliphatic heterocycles. The van der Waals surface area contributed by atoms with Crippen molar-refractivity contribution in [3.05, 3.63) is 12.2 Å². The van der Waals surface area contributed by atoms with Crippen LogP contribution in [0.2, 0.25) is 0 Å². The van der Waals surface area contributed by atoms with Gasteiger partial charge in [0.1, 0.15) is 48.8 Å². The van der Waals surface area contributed by atoms with Gasteiger partial charge in [-0.25, -0.2) is 0 Å². The maximum atomic E-state index is 13.3. The molecule has 9 N–H and O–H groups in total. The molecule has 2 rings (SSSR count). The van der Waals surface area contributed by atoms with Crippen molar-refractivity contribution in [2.75, 3.05) is 19.8 Å². The van der Waals surface area contributed by atoms with Crippen LogP contribution in [0.15, 0.2) is 12.2 Å². The van der Waals surface area contributed by atoms with E-state index in [1.54, 1.807) is 0 Å². The number of unbranched alkanes of at least 4 members (excludes halogenated alkanes) is 44. The Kier molecular flexibility index (Phi) is 51.4. The average Bonchev–Trinajstić information content (AvgIpc) is 3.65. The molecule has 2 fully saturated rings. The van der Waals surface area contributed by atoms with Crippen LogP contribution in [0, 0.1) is 0 Å². The van der Waals surface area contributed by atoms with E-state index in [1.807, 2.05) is 0 Å². The van der Waals surface area contributed by atoms with Crippen molar-refractivity contribution in [3.63, 3.8) is 0 Å². The summed E-state index contributed by atoms with van der Waals surface area (Å²) in [6.45, 7) is 2.90. The molecule has 0 saturated carbocycles. The van der Waals surface area contributed by atoms with E-state index in [0.717, 1.165) is 64.2 Å². The van der Waals surface area contributed by atoms with E-state index in [-0.39, 0.29) is 12.5 Å². The van der Waals surface area contributed by atoms with Crippen LogP contribution in [0.3, 0.4) is 0 Å². The van der Waals surface area contributed by atoms with Crippen molar-refractivity contribution >= 4 is 5.91 Å². The number of nitrogens with one attached hydrogen (secondary N) is 1. The Morgan fingerprint density at radius 3 is 1.14 bits per heavy atom. The van der Waals surface area contributed by atoms with Crippen molar-refractivity contribution in [3.8, 4) is 0 Å². The molecule has 0 aromatic rings. The van der Waals surface area contributed by atoms with E-state index in [9.17, 15) is 45.6 Å². The van der Waals surface area contributed by atoms with E-state index in [1.165, 1.54) is 231 Å². The van der Waals surface area contributed by atoms with Gasteiger partial charge in [-0.05, 0) is 38.5 Å². The molecule has 1 amide bonds. The molecular formula is C69H133NO13. The first-order valence-corrected chi connectivity index (χ1v) is 35.4. The summed E-state index contributed by atoms with van der Waals surface area (Å²) in [4.78, 5) is 13.3. The Morgan fingerprint density at radius 2 is 0.759 bits per heavy atom. The Morgan fingerprint density at radius 1 is 0.422 bits per heavy atom. The predicted molar refractivity (Wildman–Crippen MR) is 337 cm³/mol. The van der Waals surface area contributed by atoms with Crippen LogP contribution in [0.25, 0.3) is 0 Å². The SMILES string of the molecule is CCCCCCCCC/C=C\CCCCCCCC(=O)NC(COC1OC(CO)C(OC2OC(CO)C(O)C(O)C2O)C(O)C1O)C(O)CCCCCCCCCCCCCCCCCCCCCCCCCCCCCCCCCCC. The van der Waals surface area contributed by atoms with Gasteiger partial charge in [0.15, 0.2) is 12.6 Å². The van der Waals surface area contributed by atoms with Gasteiger partial charge in [0.25, 0.3) is 0 Å². The lowest BCUT2D eigenvalue weighted by Crippen LogP contribution is -2.65. The number of carbonyl (C=O) groups excluding carboxylic acids is 1. The number of aliphatic hydroxyl groups excluding tert-OH is 8. The van der Waals surface area contributed by atoms with Crippen molar-refractivity contribution in [1.82, 2.24) is 5.32 Å². The van der Waals surface area contributed by atoms with Crippen molar-refractivity contribution in [2.45, 2.75) is 402 Å². The second kappa shape index (κ2) is 54.8. The van der Waals surface area contributed by atoms with Gasteiger partial charge in [-0.1, -0.05) is 296 Å². The normalized spacial score (nSPS) is 23.8. The minimum atomic E-state index is -1.78. The molecule has 2 heterocycles. The fraction of sp³-hybridized carbons (Fsp3) is 0.957. The van der Waals surface area contributed by atoms with Gasteiger partial charge in [-0.15, -0.1) is 0 Å². The average molecular weight is 1180 g/mol. The topological polar surface area (TPSA) is 228 Å². The van der Waals surface area contributed by atoms with Gasteiger partial charge in [0, 0.05) is 6.42 Å².